The van der Waals surface area contributed by atoms with Crippen molar-refractivity contribution in [2.75, 3.05) is 6.26 Å². The van der Waals surface area contributed by atoms with E-state index in [2.05, 4.69) is 61.7 Å². The highest BCUT2D eigenvalue weighted by atomic mass is 32.2. The molecule has 17 heavy (non-hydrogen) atoms. The second-order valence-electron chi connectivity index (χ2n) is 3.55. The first-order chi connectivity index (χ1) is 7.31. The van der Waals surface area contributed by atoms with E-state index in [1.807, 2.05) is 0 Å². The SMILES string of the molecule is CSc1ccc(C)c(-c2ccccc2)c1.O.O. The Bertz CT molecular complexity index is 455. The molecular weight excluding hydrogens is 232 g/mol. The van der Waals surface area contributed by atoms with Gasteiger partial charge in [0.1, 0.15) is 0 Å². The Morgan fingerprint density at radius 3 is 2.12 bits per heavy atom. The number of hydrogen-bond donors (Lipinski definition) is 0. The fraction of sp³-hybridized carbons (Fsp3) is 0.143. The molecule has 0 atom stereocenters. The van der Waals surface area contributed by atoms with Crippen molar-refractivity contribution >= 4 is 11.8 Å². The van der Waals surface area contributed by atoms with Crippen LogP contribution in [0.4, 0.5) is 0 Å². The topological polar surface area (TPSA) is 63.0 Å². The van der Waals surface area contributed by atoms with Crippen molar-refractivity contribution in [3.05, 3.63) is 54.1 Å². The van der Waals surface area contributed by atoms with Crippen molar-refractivity contribution in [2.45, 2.75) is 11.8 Å². The van der Waals surface area contributed by atoms with Gasteiger partial charge in [0.2, 0.25) is 0 Å². The number of hydrogen-bond acceptors (Lipinski definition) is 1. The smallest absolute Gasteiger partial charge is 0.00754 e. The molecule has 2 rings (SSSR count). The van der Waals surface area contributed by atoms with Gasteiger partial charge in [-0.3, -0.25) is 0 Å². The van der Waals surface area contributed by atoms with Crippen LogP contribution >= 0.6 is 11.8 Å². The van der Waals surface area contributed by atoms with E-state index >= 15 is 0 Å². The van der Waals surface area contributed by atoms with Crippen LogP contribution in [-0.4, -0.2) is 17.2 Å². The molecule has 2 aromatic rings. The molecule has 0 amide bonds. The summed E-state index contributed by atoms with van der Waals surface area (Å²) in [6, 6.07) is 17.2. The monoisotopic (exact) mass is 250 g/mol. The maximum absolute atomic E-state index is 2.26. The zero-order valence-electron chi connectivity index (χ0n) is 10.0. The summed E-state index contributed by atoms with van der Waals surface area (Å²) in [4.78, 5) is 1.32. The molecule has 0 fully saturated rings. The molecule has 0 aliphatic rings. The van der Waals surface area contributed by atoms with E-state index in [0.29, 0.717) is 0 Å². The summed E-state index contributed by atoms with van der Waals surface area (Å²) >= 11 is 1.79. The van der Waals surface area contributed by atoms with E-state index in [1.165, 1.54) is 21.6 Å². The average Bonchev–Trinajstić information content (AvgIpc) is 2.31. The van der Waals surface area contributed by atoms with E-state index in [-0.39, 0.29) is 11.0 Å². The first-order valence-electron chi connectivity index (χ1n) is 5.01. The van der Waals surface area contributed by atoms with Crippen molar-refractivity contribution in [1.29, 1.82) is 0 Å². The molecule has 0 saturated heterocycles. The quantitative estimate of drug-likeness (QED) is 0.756. The van der Waals surface area contributed by atoms with Crippen LogP contribution < -0.4 is 0 Å². The van der Waals surface area contributed by atoms with Crippen molar-refractivity contribution in [3.8, 4) is 11.1 Å². The summed E-state index contributed by atoms with van der Waals surface area (Å²) < 4.78 is 0. The number of benzene rings is 2. The Morgan fingerprint density at radius 1 is 0.882 bits per heavy atom. The van der Waals surface area contributed by atoms with Crippen LogP contribution in [0.3, 0.4) is 0 Å². The van der Waals surface area contributed by atoms with Gasteiger partial charge in [-0.05, 0) is 42.0 Å². The van der Waals surface area contributed by atoms with Crippen LogP contribution in [0.25, 0.3) is 11.1 Å². The highest BCUT2D eigenvalue weighted by molar-refractivity contribution is 7.98. The number of thioether (sulfide) groups is 1. The van der Waals surface area contributed by atoms with Crippen molar-refractivity contribution in [2.24, 2.45) is 0 Å². The summed E-state index contributed by atoms with van der Waals surface area (Å²) in [5, 5.41) is 0. The molecule has 92 valence electrons. The maximum Gasteiger partial charge on any atom is 0.00754 e. The van der Waals surface area contributed by atoms with Crippen LogP contribution in [0.2, 0.25) is 0 Å². The zero-order chi connectivity index (χ0) is 10.7. The molecule has 0 aromatic heterocycles. The van der Waals surface area contributed by atoms with Crippen molar-refractivity contribution < 1.29 is 11.0 Å². The van der Waals surface area contributed by atoms with Gasteiger partial charge in [0, 0.05) is 4.90 Å². The van der Waals surface area contributed by atoms with E-state index in [0.717, 1.165) is 0 Å². The summed E-state index contributed by atoms with van der Waals surface area (Å²) in [6.45, 7) is 2.16. The molecule has 2 aromatic carbocycles. The Hall–Kier alpha value is -1.29. The highest BCUT2D eigenvalue weighted by Gasteiger charge is 2.01. The molecule has 2 nitrogen and oxygen atoms in total. The fourth-order valence-corrected chi connectivity index (χ4v) is 2.10. The molecule has 3 heteroatoms. The second-order valence-corrected chi connectivity index (χ2v) is 4.43. The van der Waals surface area contributed by atoms with E-state index in [9.17, 15) is 0 Å². The van der Waals surface area contributed by atoms with Crippen molar-refractivity contribution in [3.63, 3.8) is 0 Å². The third-order valence-electron chi connectivity index (χ3n) is 2.53. The minimum atomic E-state index is 0. The summed E-state index contributed by atoms with van der Waals surface area (Å²) in [7, 11) is 0. The Kier molecular flexibility index (Phi) is 6.58. The van der Waals surface area contributed by atoms with Gasteiger partial charge in [-0.15, -0.1) is 11.8 Å². The van der Waals surface area contributed by atoms with Gasteiger partial charge >= 0.3 is 0 Å². The lowest BCUT2D eigenvalue weighted by Gasteiger charge is -2.07. The van der Waals surface area contributed by atoms with Crippen molar-refractivity contribution in [1.82, 2.24) is 0 Å². The zero-order valence-corrected chi connectivity index (χ0v) is 10.8. The number of rotatable bonds is 2. The molecular formula is C14H18O2S. The minimum absolute atomic E-state index is 0. The van der Waals surface area contributed by atoms with Crippen LogP contribution in [0.1, 0.15) is 5.56 Å². The van der Waals surface area contributed by atoms with Gasteiger partial charge in [0.25, 0.3) is 0 Å². The van der Waals surface area contributed by atoms with Gasteiger partial charge < -0.3 is 11.0 Å². The van der Waals surface area contributed by atoms with Gasteiger partial charge in [-0.2, -0.15) is 0 Å². The van der Waals surface area contributed by atoms with Crippen LogP contribution in [0.15, 0.2) is 53.4 Å². The average molecular weight is 250 g/mol. The summed E-state index contributed by atoms with van der Waals surface area (Å²) in [5.41, 5.74) is 3.97. The Labute approximate surface area is 106 Å². The van der Waals surface area contributed by atoms with Crippen LogP contribution in [-0.2, 0) is 0 Å². The molecule has 0 spiro atoms. The normalized spacial score (nSPS) is 9.06. The van der Waals surface area contributed by atoms with Gasteiger partial charge in [-0.1, -0.05) is 36.4 Å². The number of aryl methyl sites for hydroxylation is 1. The Morgan fingerprint density at radius 2 is 1.53 bits per heavy atom. The standard InChI is InChI=1S/C14H14S.2H2O/c1-11-8-9-13(15-2)10-14(11)12-6-4-3-5-7-12;;/h3-10H,1-2H3;2*1H2. The van der Waals surface area contributed by atoms with E-state index in [4.69, 9.17) is 0 Å². The third kappa shape index (κ3) is 3.60. The largest absolute Gasteiger partial charge is 0.412 e. The minimum Gasteiger partial charge on any atom is -0.412 e. The molecule has 0 radical (unpaired) electrons. The molecule has 0 unspecified atom stereocenters. The van der Waals surface area contributed by atoms with Crippen LogP contribution in [0, 0.1) is 6.92 Å². The van der Waals surface area contributed by atoms with E-state index in [1.54, 1.807) is 11.8 Å². The summed E-state index contributed by atoms with van der Waals surface area (Å²) in [6.07, 6.45) is 2.11. The molecule has 4 N–H and O–H groups in total. The van der Waals surface area contributed by atoms with E-state index < -0.39 is 0 Å². The first kappa shape index (κ1) is 15.7. The predicted molar refractivity (Wildman–Crippen MR) is 75.6 cm³/mol. The maximum atomic E-state index is 2.26. The molecule has 0 heterocycles. The molecule has 0 aliphatic heterocycles. The predicted octanol–water partition coefficient (Wildman–Crippen LogP) is 2.73. The lowest BCUT2D eigenvalue weighted by atomic mass is 10.0. The van der Waals surface area contributed by atoms with Gasteiger partial charge in [-0.25, -0.2) is 0 Å². The first-order valence-corrected chi connectivity index (χ1v) is 6.24. The van der Waals surface area contributed by atoms with Crippen LogP contribution in [0.5, 0.6) is 0 Å². The molecule has 0 aliphatic carbocycles. The highest BCUT2D eigenvalue weighted by Crippen LogP contribution is 2.27. The molecule has 0 bridgehead atoms. The molecule has 0 saturated carbocycles. The lowest BCUT2D eigenvalue weighted by molar-refractivity contribution is 0.823. The third-order valence-corrected chi connectivity index (χ3v) is 3.25. The lowest BCUT2D eigenvalue weighted by Crippen LogP contribution is -1.83. The van der Waals surface area contributed by atoms with Gasteiger partial charge in [0.15, 0.2) is 0 Å². The second kappa shape index (κ2) is 7.12. The Balaban J connectivity index is 0.00000128. The fourth-order valence-electron chi connectivity index (χ4n) is 1.66. The summed E-state index contributed by atoms with van der Waals surface area (Å²) in [5.74, 6) is 0. The van der Waals surface area contributed by atoms with Gasteiger partial charge in [0.05, 0.1) is 0 Å².